The van der Waals surface area contributed by atoms with Gasteiger partial charge in [0.2, 0.25) is 0 Å². The van der Waals surface area contributed by atoms with Gasteiger partial charge in [0.15, 0.2) is 0 Å². The van der Waals surface area contributed by atoms with Crippen molar-refractivity contribution in [2.75, 3.05) is 6.61 Å². The predicted octanol–water partition coefficient (Wildman–Crippen LogP) is 2.57. The maximum Gasteiger partial charge on any atom is 0.345 e. The van der Waals surface area contributed by atoms with E-state index in [9.17, 15) is 9.59 Å². The summed E-state index contributed by atoms with van der Waals surface area (Å²) < 4.78 is 10.00. The minimum absolute atomic E-state index is 0.178. The van der Waals surface area contributed by atoms with Crippen LogP contribution in [0.2, 0.25) is 0 Å². The first-order valence-corrected chi connectivity index (χ1v) is 5.65. The summed E-state index contributed by atoms with van der Waals surface area (Å²) in [5, 5.41) is 0. The van der Waals surface area contributed by atoms with Crippen molar-refractivity contribution < 1.29 is 19.1 Å². The van der Waals surface area contributed by atoms with Crippen molar-refractivity contribution in [1.29, 1.82) is 0 Å². The Kier molecular flexibility index (Phi) is 5.20. The molecule has 4 heteroatoms. The standard InChI is InChI=1S/C13H16O4/c1-3-8-16-11-7-5-6-10(9-11)13(15)17-12(14)4-2/h5-7,9H,3-4,8H2,1-2H3. The Hall–Kier alpha value is -1.84. The van der Waals surface area contributed by atoms with E-state index in [1.54, 1.807) is 31.2 Å². The lowest BCUT2D eigenvalue weighted by Crippen LogP contribution is -2.11. The fourth-order valence-electron chi connectivity index (χ4n) is 1.17. The molecular formula is C13H16O4. The molecular weight excluding hydrogens is 220 g/mol. The lowest BCUT2D eigenvalue weighted by molar-refractivity contribution is -0.137. The summed E-state index contributed by atoms with van der Waals surface area (Å²) in [4.78, 5) is 22.5. The summed E-state index contributed by atoms with van der Waals surface area (Å²) in [5.74, 6) is -0.570. The van der Waals surface area contributed by atoms with Crippen LogP contribution < -0.4 is 4.74 Å². The van der Waals surface area contributed by atoms with E-state index in [1.807, 2.05) is 6.92 Å². The van der Waals surface area contributed by atoms with E-state index in [-0.39, 0.29) is 6.42 Å². The molecule has 4 nitrogen and oxygen atoms in total. The highest BCUT2D eigenvalue weighted by molar-refractivity contribution is 5.96. The van der Waals surface area contributed by atoms with Crippen LogP contribution in [0.15, 0.2) is 24.3 Å². The van der Waals surface area contributed by atoms with Crippen molar-refractivity contribution in [3.8, 4) is 5.75 Å². The zero-order valence-electron chi connectivity index (χ0n) is 10.1. The molecule has 0 saturated heterocycles. The predicted molar refractivity (Wildman–Crippen MR) is 62.9 cm³/mol. The van der Waals surface area contributed by atoms with E-state index in [1.165, 1.54) is 0 Å². The van der Waals surface area contributed by atoms with Crippen LogP contribution in [0.5, 0.6) is 5.75 Å². The molecule has 0 radical (unpaired) electrons. The summed E-state index contributed by atoms with van der Waals surface area (Å²) in [7, 11) is 0. The average molecular weight is 236 g/mol. The Morgan fingerprint density at radius 1 is 1.24 bits per heavy atom. The van der Waals surface area contributed by atoms with Gasteiger partial charge < -0.3 is 9.47 Å². The Balaban J connectivity index is 2.70. The first-order valence-electron chi connectivity index (χ1n) is 5.65. The molecule has 0 unspecified atom stereocenters. The molecule has 0 N–H and O–H groups in total. The van der Waals surface area contributed by atoms with Crippen molar-refractivity contribution in [2.45, 2.75) is 26.7 Å². The third-order valence-electron chi connectivity index (χ3n) is 2.04. The van der Waals surface area contributed by atoms with Gasteiger partial charge in [0.25, 0.3) is 0 Å². The van der Waals surface area contributed by atoms with Crippen LogP contribution in [0.3, 0.4) is 0 Å². The molecule has 0 aliphatic carbocycles. The molecule has 0 aliphatic rings. The van der Waals surface area contributed by atoms with Crippen molar-refractivity contribution in [1.82, 2.24) is 0 Å². The monoisotopic (exact) mass is 236 g/mol. The van der Waals surface area contributed by atoms with Crippen LogP contribution in [0.4, 0.5) is 0 Å². The highest BCUT2D eigenvalue weighted by atomic mass is 16.6. The molecule has 0 aromatic heterocycles. The van der Waals surface area contributed by atoms with Gasteiger partial charge in [0, 0.05) is 6.42 Å². The van der Waals surface area contributed by atoms with Gasteiger partial charge in [0.05, 0.1) is 12.2 Å². The number of hydrogen-bond acceptors (Lipinski definition) is 4. The average Bonchev–Trinajstić information content (AvgIpc) is 2.36. The second-order valence-corrected chi connectivity index (χ2v) is 3.49. The summed E-state index contributed by atoms with van der Waals surface area (Å²) >= 11 is 0. The Morgan fingerprint density at radius 3 is 2.65 bits per heavy atom. The Labute approximate surface area is 101 Å². The van der Waals surface area contributed by atoms with Crippen molar-refractivity contribution in [3.63, 3.8) is 0 Å². The third-order valence-corrected chi connectivity index (χ3v) is 2.04. The van der Waals surface area contributed by atoms with Gasteiger partial charge in [-0.25, -0.2) is 4.79 Å². The number of carbonyl (C=O) groups excluding carboxylic acids is 2. The minimum Gasteiger partial charge on any atom is -0.494 e. The van der Waals surface area contributed by atoms with Crippen molar-refractivity contribution in [2.24, 2.45) is 0 Å². The highest BCUT2D eigenvalue weighted by Crippen LogP contribution is 2.14. The second kappa shape index (κ2) is 6.68. The van der Waals surface area contributed by atoms with Gasteiger partial charge >= 0.3 is 11.9 Å². The molecule has 1 aromatic carbocycles. The summed E-state index contributed by atoms with van der Waals surface area (Å²) in [6.45, 7) is 4.22. The smallest absolute Gasteiger partial charge is 0.345 e. The van der Waals surface area contributed by atoms with Crippen LogP contribution in [0.1, 0.15) is 37.0 Å². The number of carbonyl (C=O) groups is 2. The zero-order chi connectivity index (χ0) is 12.7. The van der Waals surface area contributed by atoms with E-state index < -0.39 is 11.9 Å². The van der Waals surface area contributed by atoms with E-state index in [0.29, 0.717) is 17.9 Å². The number of hydrogen-bond donors (Lipinski definition) is 0. The number of rotatable bonds is 5. The Bertz CT molecular complexity index is 398. The molecule has 1 aromatic rings. The van der Waals surface area contributed by atoms with E-state index in [0.717, 1.165) is 6.42 Å². The normalized spacial score (nSPS) is 9.76. The van der Waals surface area contributed by atoms with Crippen LogP contribution in [-0.4, -0.2) is 18.5 Å². The van der Waals surface area contributed by atoms with E-state index in [2.05, 4.69) is 4.74 Å². The zero-order valence-corrected chi connectivity index (χ0v) is 10.1. The molecule has 17 heavy (non-hydrogen) atoms. The van der Waals surface area contributed by atoms with Crippen LogP contribution in [0.25, 0.3) is 0 Å². The molecule has 0 aliphatic heterocycles. The first-order chi connectivity index (χ1) is 8.17. The van der Waals surface area contributed by atoms with E-state index >= 15 is 0 Å². The summed E-state index contributed by atoms with van der Waals surface area (Å²) in [6.07, 6.45) is 1.07. The molecule has 0 atom stereocenters. The molecule has 92 valence electrons. The lowest BCUT2D eigenvalue weighted by Gasteiger charge is -2.06. The van der Waals surface area contributed by atoms with E-state index in [4.69, 9.17) is 4.74 Å². The molecule has 0 amide bonds. The fourth-order valence-corrected chi connectivity index (χ4v) is 1.17. The van der Waals surface area contributed by atoms with Crippen LogP contribution in [0, 0.1) is 0 Å². The Morgan fingerprint density at radius 2 is 2.00 bits per heavy atom. The molecule has 0 spiro atoms. The van der Waals surface area contributed by atoms with Crippen LogP contribution in [-0.2, 0) is 9.53 Å². The van der Waals surface area contributed by atoms with Gasteiger partial charge in [-0.15, -0.1) is 0 Å². The lowest BCUT2D eigenvalue weighted by atomic mass is 10.2. The number of benzene rings is 1. The van der Waals surface area contributed by atoms with Crippen molar-refractivity contribution >= 4 is 11.9 Å². The third kappa shape index (κ3) is 4.26. The maximum atomic E-state index is 11.5. The van der Waals surface area contributed by atoms with Crippen LogP contribution >= 0.6 is 0 Å². The highest BCUT2D eigenvalue weighted by Gasteiger charge is 2.11. The topological polar surface area (TPSA) is 52.6 Å². The maximum absolute atomic E-state index is 11.5. The SMILES string of the molecule is CCCOc1cccc(C(=O)OC(=O)CC)c1. The number of esters is 2. The first kappa shape index (κ1) is 13.2. The van der Waals surface area contributed by atoms with Crippen molar-refractivity contribution in [3.05, 3.63) is 29.8 Å². The molecule has 0 bridgehead atoms. The van der Waals surface area contributed by atoms with Gasteiger partial charge in [-0.3, -0.25) is 4.79 Å². The molecule has 0 heterocycles. The van der Waals surface area contributed by atoms with Gasteiger partial charge in [-0.2, -0.15) is 0 Å². The quantitative estimate of drug-likeness (QED) is 0.582. The fraction of sp³-hybridized carbons (Fsp3) is 0.385. The summed E-state index contributed by atoms with van der Waals surface area (Å²) in [6, 6.07) is 6.61. The molecule has 0 saturated carbocycles. The van der Waals surface area contributed by atoms with Gasteiger partial charge in [-0.05, 0) is 24.6 Å². The number of ether oxygens (including phenoxy) is 2. The summed E-state index contributed by atoms with van der Waals surface area (Å²) in [5.41, 5.74) is 0.320. The largest absolute Gasteiger partial charge is 0.494 e. The van der Waals surface area contributed by atoms with Gasteiger partial charge in [0.1, 0.15) is 5.75 Å². The second-order valence-electron chi connectivity index (χ2n) is 3.49. The molecule has 1 rings (SSSR count). The van der Waals surface area contributed by atoms with Gasteiger partial charge in [-0.1, -0.05) is 19.9 Å². The molecule has 0 fully saturated rings. The minimum atomic E-state index is -0.640.